The van der Waals surface area contributed by atoms with Crippen LogP contribution in [-0.4, -0.2) is 69.9 Å². The number of ether oxygens (including phenoxy) is 4. The molecule has 14 nitrogen and oxygen atoms in total. The lowest BCUT2D eigenvalue weighted by atomic mass is 9.89. The minimum absolute atomic E-state index is 0.121. The number of allylic oxidation sites excluding steroid dienone is 2. The van der Waals surface area contributed by atoms with Crippen LogP contribution in [0.3, 0.4) is 0 Å². The molecule has 1 fully saturated rings. The molecule has 0 N–H and O–H groups in total. The van der Waals surface area contributed by atoms with Gasteiger partial charge in [0.05, 0.1) is 62.0 Å². The van der Waals surface area contributed by atoms with E-state index in [1.807, 2.05) is 6.07 Å². The van der Waals surface area contributed by atoms with Crippen molar-refractivity contribution in [2.75, 3.05) is 26.4 Å². The molecule has 2 heterocycles. The van der Waals surface area contributed by atoms with Crippen LogP contribution in [0, 0.1) is 28.8 Å². The van der Waals surface area contributed by atoms with Crippen molar-refractivity contribution >= 4 is 37.6 Å². The standard InChI is InChI=1S/C44H44F3N4O10PS/c1-5-17-58-62(54,59-18-6-2)60-23-33-12-14-35(24-55-31(4)52)38(19-33)43(53)61-44(27-51-29-49-28-50-51,39-16-15-36(45)21-41(39)47)30(3)63-37-25-56-42(57-26-37)10-8-7-9-34-13-11-32(22-48)20-40(34)46/h5-16,19-21,28-30,37,42H,1-2,17-18,23-27H2,3-4H3/b9-7+,10-8+/t30-,37-,42-,44-/m1/s1. The molecule has 5 rings (SSSR count). The summed E-state index contributed by atoms with van der Waals surface area (Å²) in [4.78, 5) is 30.6. The predicted octanol–water partition coefficient (Wildman–Crippen LogP) is 8.55. The fraction of sp³-hybridized carbons (Fsp3) is 0.295. The molecule has 0 radical (unpaired) electrons. The second kappa shape index (κ2) is 23.2. The summed E-state index contributed by atoms with van der Waals surface area (Å²) in [5.41, 5.74) is -1.25. The maximum atomic E-state index is 16.2. The van der Waals surface area contributed by atoms with E-state index in [4.69, 9.17) is 37.8 Å². The van der Waals surface area contributed by atoms with Crippen molar-refractivity contribution in [2.45, 2.75) is 56.0 Å². The molecule has 0 unspecified atom stereocenters. The number of carbonyl (C=O) groups excluding carboxylic acids is 2. The van der Waals surface area contributed by atoms with Crippen LogP contribution in [0.5, 0.6) is 0 Å². The number of nitrogens with zero attached hydrogens (tertiary/aromatic N) is 4. The second-order valence-electron chi connectivity index (χ2n) is 13.7. The van der Waals surface area contributed by atoms with Gasteiger partial charge in [0.15, 0.2) is 11.9 Å². The molecular weight excluding hydrogens is 865 g/mol. The monoisotopic (exact) mass is 908 g/mol. The van der Waals surface area contributed by atoms with E-state index in [-0.39, 0.29) is 74.0 Å². The van der Waals surface area contributed by atoms with Crippen molar-refractivity contribution in [1.82, 2.24) is 14.8 Å². The Bertz CT molecular complexity index is 2370. The number of carbonyl (C=O) groups is 2. The number of benzene rings is 3. The number of thioether (sulfide) groups is 1. The smallest absolute Gasteiger partial charge is 0.461 e. The molecule has 0 amide bonds. The van der Waals surface area contributed by atoms with E-state index >= 15 is 4.39 Å². The van der Waals surface area contributed by atoms with Crippen molar-refractivity contribution in [3.63, 3.8) is 0 Å². The van der Waals surface area contributed by atoms with Gasteiger partial charge in [0.1, 0.15) is 36.7 Å². The molecule has 4 aromatic rings. The summed E-state index contributed by atoms with van der Waals surface area (Å²) in [6.07, 6.45) is 10.9. The average Bonchev–Trinajstić information content (AvgIpc) is 3.78. The summed E-state index contributed by atoms with van der Waals surface area (Å²) >= 11 is 1.26. The van der Waals surface area contributed by atoms with Crippen molar-refractivity contribution in [3.8, 4) is 6.07 Å². The Labute approximate surface area is 366 Å². The topological polar surface area (TPSA) is 170 Å². The van der Waals surface area contributed by atoms with Gasteiger partial charge in [-0.25, -0.2) is 32.2 Å². The number of nitriles is 1. The molecule has 0 saturated carbocycles. The highest BCUT2D eigenvalue weighted by Crippen LogP contribution is 2.50. The molecule has 19 heteroatoms. The van der Waals surface area contributed by atoms with Gasteiger partial charge in [-0.2, -0.15) is 10.4 Å². The van der Waals surface area contributed by atoms with Crippen molar-refractivity contribution in [2.24, 2.45) is 0 Å². The van der Waals surface area contributed by atoms with Gasteiger partial charge in [0, 0.05) is 34.9 Å². The summed E-state index contributed by atoms with van der Waals surface area (Å²) in [7, 11) is -4.14. The van der Waals surface area contributed by atoms with Gasteiger partial charge in [-0.05, 0) is 48.9 Å². The normalized spacial score (nSPS) is 16.9. The zero-order valence-corrected chi connectivity index (χ0v) is 36.0. The summed E-state index contributed by atoms with van der Waals surface area (Å²) in [6.45, 7) is 8.91. The number of phosphoric ester groups is 1. The number of hydrogen-bond donors (Lipinski definition) is 0. The van der Waals surface area contributed by atoms with Crippen LogP contribution >= 0.6 is 19.6 Å². The van der Waals surface area contributed by atoms with Crippen molar-refractivity contribution < 1.29 is 59.8 Å². The molecule has 0 aliphatic carbocycles. The lowest BCUT2D eigenvalue weighted by Crippen LogP contribution is -2.47. The molecule has 0 bridgehead atoms. The fourth-order valence-corrected chi connectivity index (χ4v) is 8.58. The molecule has 332 valence electrons. The highest BCUT2D eigenvalue weighted by Gasteiger charge is 2.47. The minimum Gasteiger partial charge on any atom is -0.461 e. The predicted molar refractivity (Wildman–Crippen MR) is 226 cm³/mol. The van der Waals surface area contributed by atoms with E-state index < -0.39 is 59.6 Å². The number of phosphoric acid groups is 1. The Kier molecular flexibility index (Phi) is 17.8. The van der Waals surface area contributed by atoms with Gasteiger partial charge in [0.25, 0.3) is 0 Å². The highest BCUT2D eigenvalue weighted by molar-refractivity contribution is 8.00. The summed E-state index contributed by atoms with van der Waals surface area (Å²) in [5, 5.41) is 12.0. The first-order chi connectivity index (χ1) is 30.3. The lowest BCUT2D eigenvalue weighted by Gasteiger charge is -2.40. The number of halogens is 3. The first-order valence-electron chi connectivity index (χ1n) is 19.2. The third-order valence-corrected chi connectivity index (χ3v) is 12.0. The van der Waals surface area contributed by atoms with Crippen molar-refractivity contribution in [1.29, 1.82) is 5.26 Å². The van der Waals surface area contributed by atoms with Gasteiger partial charge in [-0.15, -0.1) is 24.9 Å². The Morgan fingerprint density at radius 1 is 1.02 bits per heavy atom. The van der Waals surface area contributed by atoms with E-state index in [1.165, 1.54) is 84.6 Å². The minimum atomic E-state index is -4.14. The van der Waals surface area contributed by atoms with Crippen LogP contribution < -0.4 is 0 Å². The summed E-state index contributed by atoms with van der Waals surface area (Å²) < 4.78 is 99.2. The lowest BCUT2D eigenvalue weighted by molar-refractivity contribution is -0.146. The van der Waals surface area contributed by atoms with Gasteiger partial charge >= 0.3 is 19.8 Å². The SMILES string of the molecule is C=CCOP(=O)(OCC=C)OCc1ccc(COC(C)=O)c(C(=O)O[C@@](Cn2cncn2)(c2ccc(F)cc2F)[C@@H](C)S[C@H]2CO[C@H](/C=C/C=C/c3ccc(C#N)cc3F)OC2)c1. The van der Waals surface area contributed by atoms with Gasteiger partial charge in [-0.3, -0.25) is 18.4 Å². The van der Waals surface area contributed by atoms with Crippen LogP contribution in [0.25, 0.3) is 6.08 Å². The zero-order chi connectivity index (χ0) is 45.4. The Morgan fingerprint density at radius 3 is 2.40 bits per heavy atom. The first kappa shape index (κ1) is 48.4. The maximum Gasteiger partial charge on any atom is 0.475 e. The number of rotatable bonds is 22. The van der Waals surface area contributed by atoms with E-state index in [1.54, 1.807) is 31.2 Å². The van der Waals surface area contributed by atoms with E-state index in [0.29, 0.717) is 11.6 Å². The van der Waals surface area contributed by atoms with Crippen LogP contribution in [0.15, 0.2) is 111 Å². The Balaban J connectivity index is 1.43. The van der Waals surface area contributed by atoms with Gasteiger partial charge < -0.3 is 18.9 Å². The first-order valence-corrected chi connectivity index (χ1v) is 21.6. The average molecular weight is 909 g/mol. The van der Waals surface area contributed by atoms with Crippen LogP contribution in [-0.2, 0) is 67.2 Å². The van der Waals surface area contributed by atoms with Gasteiger partial charge in [0.2, 0.25) is 0 Å². The Hall–Kier alpha value is -5.64. The maximum absolute atomic E-state index is 16.2. The Morgan fingerprint density at radius 2 is 1.76 bits per heavy atom. The largest absolute Gasteiger partial charge is 0.475 e. The molecule has 0 spiro atoms. The molecule has 63 heavy (non-hydrogen) atoms. The van der Waals surface area contributed by atoms with Crippen LogP contribution in [0.4, 0.5) is 13.2 Å². The number of hydrogen-bond acceptors (Lipinski definition) is 14. The number of esters is 2. The third-order valence-electron chi connectivity index (χ3n) is 9.17. The van der Waals surface area contributed by atoms with Crippen molar-refractivity contribution in [3.05, 3.63) is 162 Å². The molecule has 3 aromatic carbocycles. The highest BCUT2D eigenvalue weighted by atomic mass is 32.2. The summed E-state index contributed by atoms with van der Waals surface area (Å²) in [5.74, 6) is -4.06. The molecule has 1 aliphatic rings. The van der Waals surface area contributed by atoms with Gasteiger partial charge in [-0.1, -0.05) is 48.6 Å². The van der Waals surface area contributed by atoms with Crippen LogP contribution in [0.1, 0.15) is 52.0 Å². The third kappa shape index (κ3) is 13.7. The molecule has 1 aromatic heterocycles. The fourth-order valence-electron chi connectivity index (χ4n) is 6.11. The molecule has 1 aliphatic heterocycles. The molecular formula is C44H44F3N4O10PS. The summed E-state index contributed by atoms with van der Waals surface area (Å²) in [6, 6.07) is 13.3. The van der Waals surface area contributed by atoms with E-state index in [0.717, 1.165) is 12.1 Å². The van der Waals surface area contributed by atoms with E-state index in [2.05, 4.69) is 23.2 Å². The second-order valence-corrected chi connectivity index (χ2v) is 17.0. The number of aromatic nitrogens is 3. The zero-order valence-electron chi connectivity index (χ0n) is 34.3. The van der Waals surface area contributed by atoms with E-state index in [9.17, 15) is 22.9 Å². The molecule has 2 atom stereocenters. The quantitative estimate of drug-likeness (QED) is 0.0318. The van der Waals surface area contributed by atoms with Crippen LogP contribution in [0.2, 0.25) is 0 Å². The molecule has 1 saturated heterocycles.